The molecule has 0 radical (unpaired) electrons. The summed E-state index contributed by atoms with van der Waals surface area (Å²) in [5, 5.41) is 13.0. The van der Waals surface area contributed by atoms with E-state index in [0.29, 0.717) is 5.92 Å². The molecule has 15 heavy (non-hydrogen) atoms. The summed E-state index contributed by atoms with van der Waals surface area (Å²) < 4.78 is 0. The highest BCUT2D eigenvalue weighted by atomic mass is 16.3. The molecule has 0 aromatic heterocycles. The molecule has 0 aliphatic rings. The Morgan fingerprint density at radius 1 is 1.27 bits per heavy atom. The Morgan fingerprint density at radius 3 is 2.27 bits per heavy atom. The van der Waals surface area contributed by atoms with E-state index in [-0.39, 0.29) is 6.54 Å². The molecular formula is C11H15N3O. The van der Waals surface area contributed by atoms with Gasteiger partial charge in [-0.3, -0.25) is 0 Å². The molecule has 0 bridgehead atoms. The second-order valence-electron chi connectivity index (χ2n) is 3.75. The van der Waals surface area contributed by atoms with Crippen LogP contribution in [0.25, 0.3) is 10.4 Å². The second-order valence-corrected chi connectivity index (χ2v) is 3.75. The second kappa shape index (κ2) is 5.39. The summed E-state index contributed by atoms with van der Waals surface area (Å²) >= 11 is 0. The number of benzene rings is 1. The predicted octanol–water partition coefficient (Wildman–Crippen LogP) is 3.15. The largest absolute Gasteiger partial charge is 0.388 e. The minimum Gasteiger partial charge on any atom is -0.388 e. The van der Waals surface area contributed by atoms with Crippen molar-refractivity contribution in [3.05, 3.63) is 45.8 Å². The van der Waals surface area contributed by atoms with Crippen LogP contribution in [-0.2, 0) is 0 Å². The first kappa shape index (κ1) is 11.6. The summed E-state index contributed by atoms with van der Waals surface area (Å²) in [4.78, 5) is 2.61. The lowest BCUT2D eigenvalue weighted by atomic mass is 10.00. The Kier molecular flexibility index (Phi) is 4.16. The van der Waals surface area contributed by atoms with E-state index in [2.05, 4.69) is 23.9 Å². The van der Waals surface area contributed by atoms with Gasteiger partial charge in [0.05, 0.1) is 12.6 Å². The van der Waals surface area contributed by atoms with Crippen LogP contribution < -0.4 is 0 Å². The Hall–Kier alpha value is -1.51. The molecule has 0 aliphatic heterocycles. The average Bonchev–Trinajstić information content (AvgIpc) is 2.26. The van der Waals surface area contributed by atoms with Gasteiger partial charge < -0.3 is 5.11 Å². The molecule has 0 saturated carbocycles. The molecular weight excluding hydrogens is 190 g/mol. The third kappa shape index (κ3) is 3.27. The highest BCUT2D eigenvalue weighted by molar-refractivity contribution is 5.26. The molecule has 0 aliphatic carbocycles. The van der Waals surface area contributed by atoms with Gasteiger partial charge in [-0.25, -0.2) is 0 Å². The van der Waals surface area contributed by atoms with E-state index >= 15 is 0 Å². The topological polar surface area (TPSA) is 69.0 Å². The van der Waals surface area contributed by atoms with Gasteiger partial charge in [0.15, 0.2) is 0 Å². The summed E-state index contributed by atoms with van der Waals surface area (Å²) in [6, 6.07) is 7.71. The number of aliphatic hydroxyl groups is 1. The van der Waals surface area contributed by atoms with Crippen molar-refractivity contribution in [3.8, 4) is 0 Å². The van der Waals surface area contributed by atoms with Gasteiger partial charge in [0, 0.05) is 4.91 Å². The van der Waals surface area contributed by atoms with Crippen molar-refractivity contribution in [2.24, 2.45) is 5.11 Å². The smallest absolute Gasteiger partial charge is 0.0846 e. The lowest BCUT2D eigenvalue weighted by Crippen LogP contribution is -2.01. The van der Waals surface area contributed by atoms with Crippen molar-refractivity contribution in [1.82, 2.24) is 0 Å². The molecule has 1 N–H and O–H groups in total. The van der Waals surface area contributed by atoms with E-state index in [1.807, 2.05) is 24.3 Å². The van der Waals surface area contributed by atoms with Gasteiger partial charge in [0.1, 0.15) is 0 Å². The molecule has 0 saturated heterocycles. The molecule has 1 unspecified atom stereocenters. The average molecular weight is 205 g/mol. The van der Waals surface area contributed by atoms with E-state index < -0.39 is 6.10 Å². The lowest BCUT2D eigenvalue weighted by Gasteiger charge is -2.10. The zero-order valence-electron chi connectivity index (χ0n) is 8.96. The highest BCUT2D eigenvalue weighted by Gasteiger charge is 2.06. The fourth-order valence-electron chi connectivity index (χ4n) is 1.32. The number of rotatable bonds is 4. The van der Waals surface area contributed by atoms with Crippen molar-refractivity contribution in [2.75, 3.05) is 6.54 Å². The molecule has 1 atom stereocenters. The minimum atomic E-state index is -0.706. The van der Waals surface area contributed by atoms with E-state index in [1.54, 1.807) is 0 Å². The SMILES string of the molecule is CC(C)c1ccc(C(O)CN=[N+]=[N-])cc1. The standard InChI is InChI=1S/C11H15N3O/c1-8(2)9-3-5-10(6-4-9)11(15)7-13-14-12/h3-6,8,11,15H,7H2,1-2H3. The van der Waals surface area contributed by atoms with Gasteiger partial charge in [0.2, 0.25) is 0 Å². The van der Waals surface area contributed by atoms with Crippen LogP contribution >= 0.6 is 0 Å². The van der Waals surface area contributed by atoms with Crippen LogP contribution in [0.3, 0.4) is 0 Å². The summed E-state index contributed by atoms with van der Waals surface area (Å²) in [5.41, 5.74) is 10.1. The Morgan fingerprint density at radius 2 is 1.80 bits per heavy atom. The molecule has 1 aromatic carbocycles. The number of aliphatic hydroxyl groups excluding tert-OH is 1. The Balaban J connectivity index is 2.74. The molecule has 0 fully saturated rings. The molecule has 80 valence electrons. The molecule has 4 nitrogen and oxygen atoms in total. The molecule has 4 heteroatoms. The first-order valence-corrected chi connectivity index (χ1v) is 4.94. The van der Waals surface area contributed by atoms with Crippen LogP contribution in [0, 0.1) is 0 Å². The maximum absolute atomic E-state index is 9.62. The zero-order valence-corrected chi connectivity index (χ0v) is 8.96. The van der Waals surface area contributed by atoms with E-state index in [4.69, 9.17) is 5.53 Å². The van der Waals surface area contributed by atoms with Crippen LogP contribution in [0.1, 0.15) is 37.0 Å². The lowest BCUT2D eigenvalue weighted by molar-refractivity contribution is 0.187. The van der Waals surface area contributed by atoms with Crippen molar-refractivity contribution < 1.29 is 5.11 Å². The van der Waals surface area contributed by atoms with E-state index in [0.717, 1.165) is 5.56 Å². The van der Waals surface area contributed by atoms with Crippen molar-refractivity contribution in [3.63, 3.8) is 0 Å². The van der Waals surface area contributed by atoms with Crippen molar-refractivity contribution in [2.45, 2.75) is 25.9 Å². The first-order valence-electron chi connectivity index (χ1n) is 4.94. The third-order valence-electron chi connectivity index (χ3n) is 2.31. The normalized spacial score (nSPS) is 12.3. The summed E-state index contributed by atoms with van der Waals surface area (Å²) in [6.07, 6.45) is -0.706. The minimum absolute atomic E-state index is 0.0809. The zero-order chi connectivity index (χ0) is 11.3. The van der Waals surface area contributed by atoms with Crippen molar-refractivity contribution >= 4 is 0 Å². The van der Waals surface area contributed by atoms with E-state index in [1.165, 1.54) is 5.56 Å². The van der Waals surface area contributed by atoms with Gasteiger partial charge >= 0.3 is 0 Å². The van der Waals surface area contributed by atoms with Gasteiger partial charge in [-0.2, -0.15) is 0 Å². The van der Waals surface area contributed by atoms with Crippen molar-refractivity contribution in [1.29, 1.82) is 0 Å². The van der Waals surface area contributed by atoms with Gasteiger partial charge in [-0.05, 0) is 22.6 Å². The third-order valence-corrected chi connectivity index (χ3v) is 2.31. The quantitative estimate of drug-likeness (QED) is 0.458. The molecule has 0 amide bonds. The number of hydrogen-bond acceptors (Lipinski definition) is 2. The Labute approximate surface area is 89.2 Å². The highest BCUT2D eigenvalue weighted by Crippen LogP contribution is 2.18. The van der Waals surface area contributed by atoms with Crippen LogP contribution in [0.5, 0.6) is 0 Å². The summed E-state index contributed by atoms with van der Waals surface area (Å²) in [5.74, 6) is 0.480. The maximum atomic E-state index is 9.62. The fourth-order valence-corrected chi connectivity index (χ4v) is 1.32. The van der Waals surface area contributed by atoms with Gasteiger partial charge in [-0.1, -0.05) is 43.2 Å². The van der Waals surface area contributed by atoms with Crippen LogP contribution in [0.15, 0.2) is 29.4 Å². The number of azide groups is 1. The predicted molar refractivity (Wildman–Crippen MR) is 59.5 cm³/mol. The Bertz CT molecular complexity index is 353. The van der Waals surface area contributed by atoms with Crippen LogP contribution in [-0.4, -0.2) is 11.7 Å². The molecule has 0 heterocycles. The fraction of sp³-hybridized carbons (Fsp3) is 0.455. The van der Waals surface area contributed by atoms with Gasteiger partial charge in [0.25, 0.3) is 0 Å². The first-order chi connectivity index (χ1) is 7.15. The van der Waals surface area contributed by atoms with E-state index in [9.17, 15) is 5.11 Å². The molecule has 1 rings (SSSR count). The number of hydrogen-bond donors (Lipinski definition) is 1. The van der Waals surface area contributed by atoms with Crippen LogP contribution in [0.2, 0.25) is 0 Å². The number of nitrogens with zero attached hydrogens (tertiary/aromatic N) is 3. The molecule has 1 aromatic rings. The van der Waals surface area contributed by atoms with Gasteiger partial charge in [-0.15, -0.1) is 0 Å². The molecule has 0 spiro atoms. The monoisotopic (exact) mass is 205 g/mol. The maximum Gasteiger partial charge on any atom is 0.0846 e. The van der Waals surface area contributed by atoms with Crippen LogP contribution in [0.4, 0.5) is 0 Å². The summed E-state index contributed by atoms with van der Waals surface area (Å²) in [6.45, 7) is 4.31. The summed E-state index contributed by atoms with van der Waals surface area (Å²) in [7, 11) is 0.